The fourth-order valence-corrected chi connectivity index (χ4v) is 3.43. The molecule has 2 N–H and O–H groups in total. The number of phenolic OH excluding ortho intramolecular Hbond substituents is 1. The quantitative estimate of drug-likeness (QED) is 0.423. The lowest BCUT2D eigenvalue weighted by atomic mass is 10.2. The molecule has 1 heterocycles. The van der Waals surface area contributed by atoms with Gasteiger partial charge in [0.1, 0.15) is 11.6 Å². The number of aromatic amines is 1. The van der Waals surface area contributed by atoms with Gasteiger partial charge in [-0.2, -0.15) is 14.9 Å². The zero-order valence-electron chi connectivity index (χ0n) is 11.9. The third-order valence-electron chi connectivity index (χ3n) is 3.12. The van der Waals surface area contributed by atoms with E-state index in [2.05, 4.69) is 47.2 Å². The van der Waals surface area contributed by atoms with Crippen LogP contribution in [0.4, 0.5) is 4.39 Å². The maximum absolute atomic E-state index is 13.1. The second-order valence-corrected chi connectivity index (χ2v) is 6.90. The molecule has 0 saturated carbocycles. The first-order valence-electron chi connectivity index (χ1n) is 6.61. The van der Waals surface area contributed by atoms with Crippen molar-refractivity contribution in [2.24, 2.45) is 5.10 Å². The Labute approximate surface area is 158 Å². The predicted octanol–water partition coefficient (Wildman–Crippen LogP) is 4.86. The Hall–Kier alpha value is -1.84. The highest BCUT2D eigenvalue weighted by Crippen LogP contribution is 2.30. The Balaban J connectivity index is 2.04. The minimum atomic E-state index is -0.341. The lowest BCUT2D eigenvalue weighted by molar-refractivity contribution is 0.471. The van der Waals surface area contributed by atoms with Crippen molar-refractivity contribution in [3.8, 4) is 17.1 Å². The molecular formula is C15H9Br2FN4OS. The van der Waals surface area contributed by atoms with E-state index in [0.29, 0.717) is 21.4 Å². The standard InChI is InChI=1S/C15H9Br2FN4OS/c16-10-5-9(13(23)12(17)6-10)7-19-22-14(20-21-15(22)24)8-1-3-11(18)4-2-8/h1-7,23H,(H,21,24)/b19-7-. The Morgan fingerprint density at radius 1 is 1.25 bits per heavy atom. The molecule has 0 aliphatic heterocycles. The van der Waals surface area contributed by atoms with Crippen LogP contribution in [0.1, 0.15) is 5.56 Å². The van der Waals surface area contributed by atoms with Crippen LogP contribution in [-0.4, -0.2) is 26.2 Å². The van der Waals surface area contributed by atoms with Gasteiger partial charge in [0.05, 0.1) is 10.7 Å². The van der Waals surface area contributed by atoms with Crippen LogP contribution < -0.4 is 0 Å². The lowest BCUT2D eigenvalue weighted by Gasteiger charge is -2.04. The van der Waals surface area contributed by atoms with Gasteiger partial charge >= 0.3 is 0 Å². The number of nitrogens with one attached hydrogen (secondary N) is 1. The van der Waals surface area contributed by atoms with E-state index in [0.717, 1.165) is 4.47 Å². The van der Waals surface area contributed by atoms with E-state index in [-0.39, 0.29) is 16.3 Å². The first-order valence-corrected chi connectivity index (χ1v) is 8.61. The molecule has 0 bridgehead atoms. The second kappa shape index (κ2) is 6.96. The molecule has 122 valence electrons. The molecule has 1 aromatic heterocycles. The SMILES string of the molecule is Oc1c(Br)cc(Br)cc1/C=N\n1c(-c2ccc(F)cc2)n[nH]c1=S. The number of aromatic hydroxyl groups is 1. The molecule has 2 aromatic carbocycles. The van der Waals surface area contributed by atoms with Crippen LogP contribution in [0.15, 0.2) is 50.4 Å². The van der Waals surface area contributed by atoms with E-state index in [4.69, 9.17) is 12.2 Å². The zero-order chi connectivity index (χ0) is 17.3. The largest absolute Gasteiger partial charge is 0.506 e. The van der Waals surface area contributed by atoms with Crippen molar-refractivity contribution < 1.29 is 9.50 Å². The number of H-pyrrole nitrogens is 1. The van der Waals surface area contributed by atoms with Gasteiger partial charge in [-0.3, -0.25) is 0 Å². The Kier molecular flexibility index (Phi) is 4.93. The number of aromatic nitrogens is 3. The molecule has 3 rings (SSSR count). The monoisotopic (exact) mass is 470 g/mol. The number of benzene rings is 2. The third kappa shape index (κ3) is 3.47. The molecule has 0 spiro atoms. The van der Waals surface area contributed by atoms with Crippen molar-refractivity contribution in [3.05, 3.63) is 61.5 Å². The Morgan fingerprint density at radius 2 is 1.96 bits per heavy atom. The van der Waals surface area contributed by atoms with Crippen LogP contribution in [-0.2, 0) is 0 Å². The molecule has 0 unspecified atom stereocenters. The number of hydrogen-bond acceptors (Lipinski definition) is 4. The van der Waals surface area contributed by atoms with Gasteiger partial charge in [-0.15, -0.1) is 0 Å². The van der Waals surface area contributed by atoms with E-state index in [9.17, 15) is 9.50 Å². The van der Waals surface area contributed by atoms with Crippen LogP contribution in [0.5, 0.6) is 5.75 Å². The molecule has 0 amide bonds. The predicted molar refractivity (Wildman–Crippen MR) is 99.3 cm³/mol. The summed E-state index contributed by atoms with van der Waals surface area (Å²) in [6, 6.07) is 9.26. The van der Waals surface area contributed by atoms with E-state index in [1.807, 2.05) is 0 Å². The number of hydrogen-bond donors (Lipinski definition) is 2. The van der Waals surface area contributed by atoms with Crippen LogP contribution in [0, 0.1) is 10.6 Å². The summed E-state index contributed by atoms with van der Waals surface area (Å²) in [6.07, 6.45) is 1.46. The highest BCUT2D eigenvalue weighted by atomic mass is 79.9. The van der Waals surface area contributed by atoms with E-state index < -0.39 is 0 Å². The van der Waals surface area contributed by atoms with Gasteiger partial charge in [0.2, 0.25) is 4.77 Å². The maximum atomic E-state index is 13.1. The van der Waals surface area contributed by atoms with Gasteiger partial charge in [-0.25, -0.2) is 9.49 Å². The fraction of sp³-hybridized carbons (Fsp3) is 0. The molecule has 3 aromatic rings. The summed E-state index contributed by atoms with van der Waals surface area (Å²) >= 11 is 11.8. The Morgan fingerprint density at radius 3 is 2.67 bits per heavy atom. The molecule has 24 heavy (non-hydrogen) atoms. The van der Waals surface area contributed by atoms with Crippen molar-refractivity contribution in [2.45, 2.75) is 0 Å². The van der Waals surface area contributed by atoms with E-state index in [1.165, 1.54) is 23.0 Å². The van der Waals surface area contributed by atoms with Crippen molar-refractivity contribution in [3.63, 3.8) is 0 Å². The molecule has 0 radical (unpaired) electrons. The second-order valence-electron chi connectivity index (χ2n) is 4.74. The first-order chi connectivity index (χ1) is 11.5. The van der Waals surface area contributed by atoms with Gasteiger partial charge in [-0.05, 0) is 64.5 Å². The molecule has 0 aliphatic carbocycles. The smallest absolute Gasteiger partial charge is 0.216 e. The molecule has 5 nitrogen and oxygen atoms in total. The average Bonchev–Trinajstić information content (AvgIpc) is 2.91. The topological polar surface area (TPSA) is 66.2 Å². The maximum Gasteiger partial charge on any atom is 0.216 e. The van der Waals surface area contributed by atoms with Crippen molar-refractivity contribution >= 4 is 50.3 Å². The zero-order valence-corrected chi connectivity index (χ0v) is 15.9. The number of halogens is 3. The minimum absolute atomic E-state index is 0.0558. The van der Waals surface area contributed by atoms with Gasteiger partial charge in [0.25, 0.3) is 0 Å². The number of rotatable bonds is 3. The minimum Gasteiger partial charge on any atom is -0.506 e. The summed E-state index contributed by atoms with van der Waals surface area (Å²) in [5.74, 6) is 0.150. The average molecular weight is 472 g/mol. The van der Waals surface area contributed by atoms with Gasteiger partial charge in [0, 0.05) is 15.6 Å². The van der Waals surface area contributed by atoms with Crippen molar-refractivity contribution in [2.75, 3.05) is 0 Å². The normalized spacial score (nSPS) is 11.3. The lowest BCUT2D eigenvalue weighted by Crippen LogP contribution is -1.95. The Bertz CT molecular complexity index is 982. The van der Waals surface area contributed by atoms with Crippen LogP contribution in [0.3, 0.4) is 0 Å². The highest BCUT2D eigenvalue weighted by molar-refractivity contribution is 9.11. The van der Waals surface area contributed by atoms with Gasteiger partial charge < -0.3 is 5.11 Å². The third-order valence-corrected chi connectivity index (χ3v) is 4.45. The fourth-order valence-electron chi connectivity index (χ4n) is 1.99. The number of phenols is 1. The summed E-state index contributed by atoms with van der Waals surface area (Å²) in [6.45, 7) is 0. The summed E-state index contributed by atoms with van der Waals surface area (Å²) in [7, 11) is 0. The van der Waals surface area contributed by atoms with Crippen molar-refractivity contribution in [1.29, 1.82) is 0 Å². The summed E-state index contributed by atoms with van der Waals surface area (Å²) in [5, 5.41) is 21.1. The van der Waals surface area contributed by atoms with Crippen LogP contribution in [0.25, 0.3) is 11.4 Å². The van der Waals surface area contributed by atoms with E-state index in [1.54, 1.807) is 24.3 Å². The molecule has 0 fully saturated rings. The van der Waals surface area contributed by atoms with Crippen LogP contribution >= 0.6 is 44.1 Å². The molecular weight excluding hydrogens is 463 g/mol. The van der Waals surface area contributed by atoms with Gasteiger partial charge in [0.15, 0.2) is 5.82 Å². The highest BCUT2D eigenvalue weighted by Gasteiger charge is 2.09. The van der Waals surface area contributed by atoms with E-state index >= 15 is 0 Å². The molecule has 0 saturated heterocycles. The summed E-state index contributed by atoms with van der Waals surface area (Å²) < 4.78 is 16.1. The summed E-state index contributed by atoms with van der Waals surface area (Å²) in [5.41, 5.74) is 1.14. The molecule has 0 atom stereocenters. The number of nitrogens with zero attached hydrogens (tertiary/aromatic N) is 3. The van der Waals surface area contributed by atoms with Crippen molar-refractivity contribution in [1.82, 2.24) is 14.9 Å². The molecule has 0 aliphatic rings. The molecule has 9 heteroatoms. The summed E-state index contributed by atoms with van der Waals surface area (Å²) in [4.78, 5) is 0. The van der Waals surface area contributed by atoms with Crippen LogP contribution in [0.2, 0.25) is 0 Å². The van der Waals surface area contributed by atoms with Gasteiger partial charge in [-0.1, -0.05) is 15.9 Å². The first kappa shape index (κ1) is 17.0.